The Morgan fingerprint density at radius 1 is 1.24 bits per heavy atom. The third-order valence-electron chi connectivity index (χ3n) is 3.19. The molecule has 0 saturated carbocycles. The average Bonchev–Trinajstić information content (AvgIpc) is 2.99. The number of ether oxygens (including phenoxy) is 1. The highest BCUT2D eigenvalue weighted by Gasteiger charge is 2.18. The summed E-state index contributed by atoms with van der Waals surface area (Å²) < 4.78 is 4.93. The molecule has 1 N–H and O–H groups in total. The number of aromatic nitrogens is 1. The predicted octanol–water partition coefficient (Wildman–Crippen LogP) is 2.81. The van der Waals surface area contributed by atoms with Crippen LogP contribution in [0.15, 0.2) is 24.3 Å². The normalized spacial score (nSPS) is 12.8. The fourth-order valence-electron chi connectivity index (χ4n) is 2.25. The van der Waals surface area contributed by atoms with E-state index >= 15 is 0 Å². The Morgan fingerprint density at radius 3 is 2.67 bits per heavy atom. The Kier molecular flexibility index (Phi) is 3.70. The van der Waals surface area contributed by atoms with Gasteiger partial charge in [-0.25, -0.2) is 4.98 Å². The van der Waals surface area contributed by atoms with Crippen LogP contribution in [0, 0.1) is 0 Å². The van der Waals surface area contributed by atoms with Crippen molar-refractivity contribution in [3.63, 3.8) is 0 Å². The number of hydrogen-bond donors (Lipinski definition) is 1. The number of carbonyl (C=O) groups excluding carboxylic acids is 2. The first kappa shape index (κ1) is 13.8. The molecule has 5 nitrogen and oxygen atoms in total. The van der Waals surface area contributed by atoms with E-state index in [9.17, 15) is 9.59 Å². The summed E-state index contributed by atoms with van der Waals surface area (Å²) in [5.41, 5.74) is 1.61. The summed E-state index contributed by atoms with van der Waals surface area (Å²) in [4.78, 5) is 28.7. The molecule has 21 heavy (non-hydrogen) atoms. The fraction of sp³-hybridized carbons (Fsp3) is 0.267. The summed E-state index contributed by atoms with van der Waals surface area (Å²) in [6.45, 7) is 1.34. The number of amides is 1. The van der Waals surface area contributed by atoms with Gasteiger partial charge in [0, 0.05) is 17.4 Å². The SMILES string of the molecule is CC(=O)Oc1ccc(C(=O)Nc2nc3c(s2)CCC3)cc1. The summed E-state index contributed by atoms with van der Waals surface area (Å²) >= 11 is 1.54. The lowest BCUT2D eigenvalue weighted by Gasteiger charge is -2.04. The van der Waals surface area contributed by atoms with E-state index in [0.717, 1.165) is 25.0 Å². The lowest BCUT2D eigenvalue weighted by Crippen LogP contribution is -2.11. The van der Waals surface area contributed by atoms with Crippen LogP contribution in [0.4, 0.5) is 5.13 Å². The van der Waals surface area contributed by atoms with E-state index in [4.69, 9.17) is 4.74 Å². The van der Waals surface area contributed by atoms with Crippen molar-refractivity contribution in [2.24, 2.45) is 0 Å². The second-order valence-corrected chi connectivity index (χ2v) is 5.90. The zero-order chi connectivity index (χ0) is 14.8. The van der Waals surface area contributed by atoms with Crippen LogP contribution in [-0.2, 0) is 17.6 Å². The van der Waals surface area contributed by atoms with Crippen molar-refractivity contribution in [3.8, 4) is 5.75 Å². The lowest BCUT2D eigenvalue weighted by molar-refractivity contribution is -0.131. The summed E-state index contributed by atoms with van der Waals surface area (Å²) in [7, 11) is 0. The molecule has 0 atom stereocenters. The Morgan fingerprint density at radius 2 is 2.00 bits per heavy atom. The quantitative estimate of drug-likeness (QED) is 0.699. The molecule has 0 aliphatic heterocycles. The summed E-state index contributed by atoms with van der Waals surface area (Å²) in [6.07, 6.45) is 3.21. The Bertz CT molecular complexity index is 670. The Hall–Kier alpha value is -2.21. The number of fused-ring (bicyclic) bond motifs is 1. The van der Waals surface area contributed by atoms with Gasteiger partial charge in [0.2, 0.25) is 0 Å². The van der Waals surface area contributed by atoms with Gasteiger partial charge in [0.1, 0.15) is 5.75 Å². The van der Waals surface area contributed by atoms with Gasteiger partial charge in [-0.15, -0.1) is 11.3 Å². The van der Waals surface area contributed by atoms with Gasteiger partial charge < -0.3 is 4.74 Å². The summed E-state index contributed by atoms with van der Waals surface area (Å²) in [5.74, 6) is -0.173. The van der Waals surface area contributed by atoms with Gasteiger partial charge in [0.05, 0.1) is 5.69 Å². The van der Waals surface area contributed by atoms with Crippen LogP contribution in [0.2, 0.25) is 0 Å². The summed E-state index contributed by atoms with van der Waals surface area (Å²) in [6, 6.07) is 6.43. The van der Waals surface area contributed by atoms with Gasteiger partial charge in [-0.05, 0) is 43.5 Å². The molecule has 0 fully saturated rings. The monoisotopic (exact) mass is 302 g/mol. The van der Waals surface area contributed by atoms with Crippen molar-refractivity contribution < 1.29 is 14.3 Å². The molecule has 3 rings (SSSR count). The highest BCUT2D eigenvalue weighted by molar-refractivity contribution is 7.15. The third-order valence-corrected chi connectivity index (χ3v) is 4.27. The van der Waals surface area contributed by atoms with Gasteiger partial charge in [0.25, 0.3) is 5.91 Å². The highest BCUT2D eigenvalue weighted by atomic mass is 32.1. The fourth-order valence-corrected chi connectivity index (χ4v) is 3.30. The number of esters is 1. The molecule has 0 spiro atoms. The van der Waals surface area contributed by atoms with Gasteiger partial charge in [-0.1, -0.05) is 0 Å². The zero-order valence-electron chi connectivity index (χ0n) is 11.5. The van der Waals surface area contributed by atoms with Crippen molar-refractivity contribution in [1.29, 1.82) is 0 Å². The molecule has 0 bridgehead atoms. The van der Waals surface area contributed by atoms with E-state index in [1.54, 1.807) is 35.6 Å². The first-order valence-electron chi connectivity index (χ1n) is 6.70. The zero-order valence-corrected chi connectivity index (χ0v) is 12.3. The average molecular weight is 302 g/mol. The second-order valence-electron chi connectivity index (χ2n) is 4.81. The predicted molar refractivity (Wildman–Crippen MR) is 79.8 cm³/mol. The maximum Gasteiger partial charge on any atom is 0.308 e. The lowest BCUT2D eigenvalue weighted by atomic mass is 10.2. The minimum absolute atomic E-state index is 0.211. The number of hydrogen-bond acceptors (Lipinski definition) is 5. The smallest absolute Gasteiger partial charge is 0.308 e. The first-order valence-corrected chi connectivity index (χ1v) is 7.52. The standard InChI is InChI=1S/C15H14N2O3S/c1-9(18)20-11-7-5-10(6-8-11)14(19)17-15-16-12-3-2-4-13(12)21-15/h5-8H,2-4H2,1H3,(H,16,17,19). The van der Waals surface area contributed by atoms with Crippen molar-refractivity contribution >= 4 is 28.3 Å². The number of anilines is 1. The molecule has 108 valence electrons. The molecule has 1 aliphatic carbocycles. The van der Waals surface area contributed by atoms with Crippen molar-refractivity contribution in [2.45, 2.75) is 26.2 Å². The minimum atomic E-state index is -0.385. The van der Waals surface area contributed by atoms with Crippen LogP contribution >= 0.6 is 11.3 Å². The first-order chi connectivity index (χ1) is 10.1. The summed E-state index contributed by atoms with van der Waals surface area (Å²) in [5, 5.41) is 3.46. The molecule has 1 aliphatic rings. The van der Waals surface area contributed by atoms with Gasteiger partial charge in [0.15, 0.2) is 5.13 Å². The molecule has 1 aromatic heterocycles. The van der Waals surface area contributed by atoms with E-state index < -0.39 is 0 Å². The number of rotatable bonds is 3. The van der Waals surface area contributed by atoms with Crippen LogP contribution in [0.25, 0.3) is 0 Å². The van der Waals surface area contributed by atoms with Crippen molar-refractivity contribution in [1.82, 2.24) is 4.98 Å². The molecule has 1 amide bonds. The molecule has 1 heterocycles. The van der Waals surface area contributed by atoms with E-state index in [1.165, 1.54) is 11.8 Å². The van der Waals surface area contributed by atoms with Crippen LogP contribution in [0.1, 0.15) is 34.3 Å². The number of nitrogens with zero attached hydrogens (tertiary/aromatic N) is 1. The number of carbonyl (C=O) groups is 2. The van der Waals surface area contributed by atoms with Crippen LogP contribution in [0.3, 0.4) is 0 Å². The maximum absolute atomic E-state index is 12.1. The number of aryl methyl sites for hydroxylation is 2. The molecule has 0 unspecified atom stereocenters. The van der Waals surface area contributed by atoms with E-state index in [2.05, 4.69) is 10.3 Å². The number of nitrogens with one attached hydrogen (secondary N) is 1. The molecule has 1 aromatic carbocycles. The maximum atomic E-state index is 12.1. The van der Waals surface area contributed by atoms with Gasteiger partial charge >= 0.3 is 5.97 Å². The molecule has 2 aromatic rings. The molecule has 0 radical (unpaired) electrons. The van der Waals surface area contributed by atoms with Crippen LogP contribution in [-0.4, -0.2) is 16.9 Å². The van der Waals surface area contributed by atoms with E-state index in [1.807, 2.05) is 0 Å². The Labute approximate surface area is 126 Å². The molecule has 6 heteroatoms. The highest BCUT2D eigenvalue weighted by Crippen LogP contribution is 2.30. The molecular weight excluding hydrogens is 288 g/mol. The van der Waals surface area contributed by atoms with E-state index in [-0.39, 0.29) is 11.9 Å². The van der Waals surface area contributed by atoms with Crippen LogP contribution < -0.4 is 10.1 Å². The topological polar surface area (TPSA) is 68.3 Å². The third kappa shape index (κ3) is 3.11. The van der Waals surface area contributed by atoms with Crippen molar-refractivity contribution in [2.75, 3.05) is 5.32 Å². The number of thiazole rings is 1. The Balaban J connectivity index is 1.68. The van der Waals surface area contributed by atoms with Crippen LogP contribution in [0.5, 0.6) is 5.75 Å². The van der Waals surface area contributed by atoms with Crippen molar-refractivity contribution in [3.05, 3.63) is 40.4 Å². The molecule has 0 saturated heterocycles. The molecular formula is C15H14N2O3S. The second kappa shape index (κ2) is 5.65. The van der Waals surface area contributed by atoms with E-state index in [0.29, 0.717) is 16.4 Å². The number of benzene rings is 1. The largest absolute Gasteiger partial charge is 0.427 e. The minimum Gasteiger partial charge on any atom is -0.427 e. The van der Waals surface area contributed by atoms with Gasteiger partial charge in [-0.2, -0.15) is 0 Å². The van der Waals surface area contributed by atoms with Gasteiger partial charge in [-0.3, -0.25) is 14.9 Å².